The molecule has 0 aliphatic carbocycles. The first-order valence-electron chi connectivity index (χ1n) is 8.09. The fourth-order valence-corrected chi connectivity index (χ4v) is 2.81. The first kappa shape index (κ1) is 15.7. The minimum absolute atomic E-state index is 0.760. The summed E-state index contributed by atoms with van der Waals surface area (Å²) in [5, 5.41) is 0. The van der Waals surface area contributed by atoms with Gasteiger partial charge in [-0.15, -0.1) is 0 Å². The molecule has 0 aromatic carbocycles. The van der Waals surface area contributed by atoms with E-state index in [0.717, 1.165) is 19.1 Å². The van der Waals surface area contributed by atoms with Crippen LogP contribution < -0.4 is 0 Å². The van der Waals surface area contributed by atoms with Crippen LogP contribution in [-0.2, 0) is 4.79 Å². The molecule has 1 fully saturated rings. The molecule has 18 heavy (non-hydrogen) atoms. The molecular formula is C16H31NO. The average molecular weight is 253 g/mol. The Morgan fingerprint density at radius 2 is 1.28 bits per heavy atom. The van der Waals surface area contributed by atoms with Crippen LogP contribution in [0.1, 0.15) is 77.0 Å². The van der Waals surface area contributed by atoms with Crippen LogP contribution in [0.5, 0.6) is 0 Å². The van der Waals surface area contributed by atoms with Gasteiger partial charge in [0.15, 0.2) is 0 Å². The predicted molar refractivity (Wildman–Crippen MR) is 77.9 cm³/mol. The van der Waals surface area contributed by atoms with E-state index in [2.05, 4.69) is 4.90 Å². The molecule has 0 amide bonds. The van der Waals surface area contributed by atoms with Gasteiger partial charge in [-0.25, -0.2) is 0 Å². The van der Waals surface area contributed by atoms with Crippen molar-refractivity contribution in [1.82, 2.24) is 4.90 Å². The fourth-order valence-electron chi connectivity index (χ4n) is 2.81. The summed E-state index contributed by atoms with van der Waals surface area (Å²) >= 11 is 0. The van der Waals surface area contributed by atoms with E-state index in [0.29, 0.717) is 0 Å². The molecule has 0 bridgehead atoms. The van der Waals surface area contributed by atoms with E-state index in [-0.39, 0.29) is 0 Å². The highest BCUT2D eigenvalue weighted by atomic mass is 16.1. The molecule has 0 unspecified atom stereocenters. The lowest BCUT2D eigenvalue weighted by atomic mass is 10.1. The van der Waals surface area contributed by atoms with E-state index in [1.165, 1.54) is 83.8 Å². The third-order valence-corrected chi connectivity index (χ3v) is 4.00. The lowest BCUT2D eigenvalue weighted by Gasteiger charge is -2.26. The van der Waals surface area contributed by atoms with Crippen LogP contribution in [0, 0.1) is 0 Å². The van der Waals surface area contributed by atoms with Crippen molar-refractivity contribution < 1.29 is 4.79 Å². The third kappa shape index (κ3) is 8.68. The van der Waals surface area contributed by atoms with Crippen molar-refractivity contribution in [3.05, 3.63) is 0 Å². The van der Waals surface area contributed by atoms with E-state index in [1.807, 2.05) is 0 Å². The van der Waals surface area contributed by atoms with Crippen molar-refractivity contribution in [1.29, 1.82) is 0 Å². The zero-order valence-electron chi connectivity index (χ0n) is 12.0. The van der Waals surface area contributed by atoms with Gasteiger partial charge in [0.05, 0.1) is 0 Å². The molecule has 0 saturated carbocycles. The molecular weight excluding hydrogens is 222 g/mol. The number of piperidine rings is 1. The summed E-state index contributed by atoms with van der Waals surface area (Å²) in [4.78, 5) is 12.8. The number of unbranched alkanes of at least 4 members (excludes halogenated alkanes) is 8. The smallest absolute Gasteiger partial charge is 0.119 e. The Bertz CT molecular complexity index is 188. The largest absolute Gasteiger partial charge is 0.303 e. The maximum Gasteiger partial charge on any atom is 0.119 e. The minimum atomic E-state index is 0.760. The zero-order chi connectivity index (χ0) is 12.9. The van der Waals surface area contributed by atoms with Crippen LogP contribution >= 0.6 is 0 Å². The lowest BCUT2D eigenvalue weighted by molar-refractivity contribution is -0.107. The van der Waals surface area contributed by atoms with Gasteiger partial charge in [0.25, 0.3) is 0 Å². The summed E-state index contributed by atoms with van der Waals surface area (Å²) in [6, 6.07) is 0. The van der Waals surface area contributed by atoms with Crippen molar-refractivity contribution in [3.63, 3.8) is 0 Å². The molecule has 1 saturated heterocycles. The third-order valence-electron chi connectivity index (χ3n) is 4.00. The summed E-state index contributed by atoms with van der Waals surface area (Å²) in [6.45, 7) is 4.02. The molecule has 0 N–H and O–H groups in total. The van der Waals surface area contributed by atoms with Crippen LogP contribution in [0.15, 0.2) is 0 Å². The van der Waals surface area contributed by atoms with Gasteiger partial charge in [-0.2, -0.15) is 0 Å². The summed E-state index contributed by atoms with van der Waals surface area (Å²) in [5.41, 5.74) is 0. The second-order valence-corrected chi connectivity index (χ2v) is 5.69. The number of carbonyl (C=O) groups excluding carboxylic acids is 1. The Morgan fingerprint density at radius 3 is 1.89 bits per heavy atom. The second kappa shape index (κ2) is 11.7. The van der Waals surface area contributed by atoms with E-state index in [4.69, 9.17) is 0 Å². The Morgan fingerprint density at radius 1 is 0.722 bits per heavy atom. The quantitative estimate of drug-likeness (QED) is 0.406. The summed E-state index contributed by atoms with van der Waals surface area (Å²) in [7, 11) is 0. The van der Waals surface area contributed by atoms with Gasteiger partial charge >= 0.3 is 0 Å². The van der Waals surface area contributed by atoms with E-state index >= 15 is 0 Å². The first-order chi connectivity index (χ1) is 8.93. The van der Waals surface area contributed by atoms with E-state index < -0.39 is 0 Å². The van der Waals surface area contributed by atoms with Gasteiger partial charge in [-0.3, -0.25) is 0 Å². The predicted octanol–water partition coefficient (Wildman–Crippen LogP) is 4.18. The van der Waals surface area contributed by atoms with Gasteiger partial charge in [0, 0.05) is 6.42 Å². The van der Waals surface area contributed by atoms with Gasteiger partial charge in [-0.1, -0.05) is 44.9 Å². The number of hydrogen-bond donors (Lipinski definition) is 0. The standard InChI is InChI=1S/C16H31NO/c18-16-12-7-5-3-1-2-4-6-9-13-17-14-10-8-11-15-17/h16H,1-15H2. The van der Waals surface area contributed by atoms with Crippen molar-refractivity contribution >= 4 is 6.29 Å². The normalized spacial score (nSPS) is 16.9. The SMILES string of the molecule is O=CCCCCCCCCCCN1CCCCC1. The molecule has 2 nitrogen and oxygen atoms in total. The lowest BCUT2D eigenvalue weighted by Crippen LogP contribution is -2.30. The van der Waals surface area contributed by atoms with Crippen molar-refractivity contribution in [2.75, 3.05) is 19.6 Å². The van der Waals surface area contributed by atoms with Crippen molar-refractivity contribution in [2.24, 2.45) is 0 Å². The van der Waals surface area contributed by atoms with E-state index in [9.17, 15) is 4.79 Å². The number of carbonyl (C=O) groups is 1. The topological polar surface area (TPSA) is 20.3 Å². The summed E-state index contributed by atoms with van der Waals surface area (Å²) in [5.74, 6) is 0. The van der Waals surface area contributed by atoms with Crippen LogP contribution in [0.25, 0.3) is 0 Å². The fraction of sp³-hybridized carbons (Fsp3) is 0.938. The van der Waals surface area contributed by atoms with Crippen LogP contribution in [0.3, 0.4) is 0 Å². The Kier molecular flexibility index (Phi) is 10.2. The van der Waals surface area contributed by atoms with Crippen molar-refractivity contribution in [2.45, 2.75) is 77.0 Å². The van der Waals surface area contributed by atoms with E-state index in [1.54, 1.807) is 0 Å². The number of hydrogen-bond acceptors (Lipinski definition) is 2. The highest BCUT2D eigenvalue weighted by Crippen LogP contribution is 2.12. The Labute approximate surface area is 113 Å². The average Bonchev–Trinajstić information content (AvgIpc) is 2.42. The van der Waals surface area contributed by atoms with Crippen molar-refractivity contribution in [3.8, 4) is 0 Å². The maximum atomic E-state index is 10.1. The zero-order valence-corrected chi connectivity index (χ0v) is 12.0. The Hall–Kier alpha value is -0.370. The molecule has 1 aliphatic heterocycles. The molecule has 1 rings (SSSR count). The molecule has 106 valence electrons. The van der Waals surface area contributed by atoms with Crippen LogP contribution in [-0.4, -0.2) is 30.8 Å². The van der Waals surface area contributed by atoms with Gasteiger partial charge < -0.3 is 9.69 Å². The number of likely N-dealkylation sites (tertiary alicyclic amines) is 1. The molecule has 0 radical (unpaired) electrons. The van der Waals surface area contributed by atoms with Gasteiger partial charge in [0.1, 0.15) is 6.29 Å². The van der Waals surface area contributed by atoms with Crippen LogP contribution in [0.4, 0.5) is 0 Å². The summed E-state index contributed by atoms with van der Waals surface area (Å²) in [6.07, 6.45) is 16.7. The molecule has 0 aromatic rings. The Balaban J connectivity index is 1.74. The monoisotopic (exact) mass is 253 g/mol. The molecule has 0 atom stereocenters. The van der Waals surface area contributed by atoms with Gasteiger partial charge in [0.2, 0.25) is 0 Å². The minimum Gasteiger partial charge on any atom is -0.303 e. The number of rotatable bonds is 11. The molecule has 1 aliphatic rings. The molecule has 0 spiro atoms. The summed E-state index contributed by atoms with van der Waals surface area (Å²) < 4.78 is 0. The highest BCUT2D eigenvalue weighted by Gasteiger charge is 2.08. The molecule has 0 aromatic heterocycles. The second-order valence-electron chi connectivity index (χ2n) is 5.69. The maximum absolute atomic E-state index is 10.1. The number of aldehydes is 1. The molecule has 2 heteroatoms. The first-order valence-corrected chi connectivity index (χ1v) is 8.09. The number of nitrogens with zero attached hydrogens (tertiary/aromatic N) is 1. The van der Waals surface area contributed by atoms with Gasteiger partial charge in [-0.05, 0) is 45.3 Å². The van der Waals surface area contributed by atoms with Crippen LogP contribution in [0.2, 0.25) is 0 Å². The molecule has 1 heterocycles. The highest BCUT2D eigenvalue weighted by molar-refractivity contribution is 5.48.